The molecule has 2 atom stereocenters. The number of carbonyl (C=O) groups excluding carboxylic acids is 1. The van der Waals surface area contributed by atoms with Crippen LogP contribution in [0.25, 0.3) is 11.5 Å². The van der Waals surface area contributed by atoms with E-state index in [0.717, 1.165) is 0 Å². The lowest BCUT2D eigenvalue weighted by Crippen LogP contribution is -2.39. The van der Waals surface area contributed by atoms with Gasteiger partial charge in [-0.05, 0) is 49.7 Å². The van der Waals surface area contributed by atoms with E-state index >= 15 is 0 Å². The van der Waals surface area contributed by atoms with E-state index in [2.05, 4.69) is 15.0 Å². The summed E-state index contributed by atoms with van der Waals surface area (Å²) in [6.45, 7) is 2.67. The van der Waals surface area contributed by atoms with Gasteiger partial charge in [-0.1, -0.05) is 6.07 Å². The van der Waals surface area contributed by atoms with E-state index in [1.807, 2.05) is 6.07 Å². The number of nitrogens with zero attached hydrogens (tertiary/aromatic N) is 3. The number of halogens is 1. The van der Waals surface area contributed by atoms with Crippen LogP contribution in [0.2, 0.25) is 0 Å². The maximum atomic E-state index is 13.0. The zero-order chi connectivity index (χ0) is 21.1. The monoisotopic (exact) mass is 408 g/mol. The number of aromatic nitrogens is 3. The van der Waals surface area contributed by atoms with Crippen molar-refractivity contribution in [3.63, 3.8) is 0 Å². The van der Waals surface area contributed by atoms with E-state index in [1.165, 1.54) is 30.3 Å². The molecule has 1 fully saturated rings. The molecule has 3 aromatic rings. The summed E-state index contributed by atoms with van der Waals surface area (Å²) in [5, 5.41) is 0. The van der Waals surface area contributed by atoms with Gasteiger partial charge in [0.05, 0.1) is 5.69 Å². The van der Waals surface area contributed by atoms with Gasteiger partial charge >= 0.3 is 0 Å². The van der Waals surface area contributed by atoms with Crippen LogP contribution in [0.1, 0.15) is 25.0 Å². The quantitative estimate of drug-likeness (QED) is 0.701. The number of H-pyrrole nitrogens is 1. The highest BCUT2D eigenvalue weighted by molar-refractivity contribution is 5.81. The largest absolute Gasteiger partial charge is 0.481 e. The first-order valence-electron chi connectivity index (χ1n) is 9.73. The highest BCUT2D eigenvalue weighted by Gasteiger charge is 2.31. The summed E-state index contributed by atoms with van der Waals surface area (Å²) in [4.78, 5) is 38.2. The molecule has 154 valence electrons. The fourth-order valence-electron chi connectivity index (χ4n) is 3.54. The van der Waals surface area contributed by atoms with Crippen LogP contribution in [-0.4, -0.2) is 45.0 Å². The number of nitrogens with one attached hydrogen (secondary N) is 1. The van der Waals surface area contributed by atoms with Crippen LogP contribution in [0.5, 0.6) is 5.75 Å². The first-order valence-corrected chi connectivity index (χ1v) is 9.73. The number of hydrogen-bond donors (Lipinski definition) is 1. The number of rotatable bonds is 5. The second-order valence-corrected chi connectivity index (χ2v) is 7.22. The number of likely N-dealkylation sites (tertiary alicyclic amines) is 1. The third-order valence-corrected chi connectivity index (χ3v) is 5.06. The first-order chi connectivity index (χ1) is 14.5. The summed E-state index contributed by atoms with van der Waals surface area (Å²) in [6, 6.07) is 12.4. The lowest BCUT2D eigenvalue weighted by atomic mass is 10.0. The van der Waals surface area contributed by atoms with Crippen molar-refractivity contribution in [2.45, 2.75) is 25.4 Å². The number of hydrogen-bond acceptors (Lipinski definition) is 5. The Labute approximate surface area is 172 Å². The molecule has 7 nitrogen and oxygen atoms in total. The summed E-state index contributed by atoms with van der Waals surface area (Å²) < 4.78 is 18.7. The molecule has 1 amide bonds. The van der Waals surface area contributed by atoms with Gasteiger partial charge in [0.2, 0.25) is 0 Å². The Balaban J connectivity index is 1.45. The standard InChI is InChI=1S/C22H21FN4O3/c1-14(30-17-7-5-16(23)6-8-17)22(29)27-11-9-15(13-27)19-12-20(28)26-21(25-19)18-4-2-3-10-24-18/h2-8,10,12,14-15H,9,11,13H2,1H3,(H,25,26,28)/t14-,15-/m0/s1. The maximum Gasteiger partial charge on any atom is 0.263 e. The Hall–Kier alpha value is -3.55. The zero-order valence-corrected chi connectivity index (χ0v) is 16.4. The molecule has 0 spiro atoms. The number of amides is 1. The van der Waals surface area contributed by atoms with Gasteiger partial charge in [0, 0.05) is 31.3 Å². The molecule has 0 saturated carbocycles. The molecule has 2 aromatic heterocycles. The Morgan fingerprint density at radius 2 is 2.07 bits per heavy atom. The van der Waals surface area contributed by atoms with Crippen LogP contribution in [0.3, 0.4) is 0 Å². The number of pyridine rings is 1. The van der Waals surface area contributed by atoms with Gasteiger partial charge in [-0.25, -0.2) is 9.37 Å². The summed E-state index contributed by atoms with van der Waals surface area (Å²) in [7, 11) is 0. The van der Waals surface area contributed by atoms with Crippen LogP contribution < -0.4 is 10.3 Å². The molecular weight excluding hydrogens is 387 g/mol. The van der Waals surface area contributed by atoms with Crippen molar-refractivity contribution in [3.05, 3.63) is 76.6 Å². The van der Waals surface area contributed by atoms with Gasteiger partial charge in [0.25, 0.3) is 11.5 Å². The third-order valence-electron chi connectivity index (χ3n) is 5.06. The van der Waals surface area contributed by atoms with E-state index in [1.54, 1.807) is 30.2 Å². The van der Waals surface area contributed by atoms with Crippen molar-refractivity contribution in [1.82, 2.24) is 19.9 Å². The van der Waals surface area contributed by atoms with Crippen molar-refractivity contribution in [3.8, 4) is 17.3 Å². The van der Waals surface area contributed by atoms with Crippen LogP contribution in [0.15, 0.2) is 59.5 Å². The number of benzene rings is 1. The summed E-state index contributed by atoms with van der Waals surface area (Å²) in [5.41, 5.74) is 0.976. The molecule has 4 rings (SSSR count). The van der Waals surface area contributed by atoms with Gasteiger partial charge in [-0.2, -0.15) is 0 Å². The van der Waals surface area contributed by atoms with Gasteiger partial charge in [0.1, 0.15) is 17.3 Å². The predicted molar refractivity (Wildman–Crippen MR) is 109 cm³/mol. The summed E-state index contributed by atoms with van der Waals surface area (Å²) >= 11 is 0. The van der Waals surface area contributed by atoms with Gasteiger partial charge < -0.3 is 14.6 Å². The first kappa shape index (κ1) is 19.8. The normalized spacial score (nSPS) is 17.0. The Morgan fingerprint density at radius 3 is 2.80 bits per heavy atom. The molecular formula is C22H21FN4O3. The molecule has 1 saturated heterocycles. The van der Waals surface area contributed by atoms with E-state index in [0.29, 0.717) is 42.5 Å². The molecule has 1 aliphatic rings. The number of aromatic amines is 1. The van der Waals surface area contributed by atoms with Gasteiger partial charge in [-0.3, -0.25) is 14.6 Å². The zero-order valence-electron chi connectivity index (χ0n) is 16.4. The molecule has 0 aliphatic carbocycles. The topological polar surface area (TPSA) is 88.2 Å². The van der Waals surface area contributed by atoms with Crippen LogP contribution in [0, 0.1) is 5.82 Å². The number of carbonyl (C=O) groups is 1. The van der Waals surface area contributed by atoms with Crippen molar-refractivity contribution < 1.29 is 13.9 Å². The molecule has 8 heteroatoms. The maximum absolute atomic E-state index is 13.0. The van der Waals surface area contributed by atoms with E-state index in [4.69, 9.17) is 4.74 Å². The average molecular weight is 408 g/mol. The number of ether oxygens (including phenoxy) is 1. The second kappa shape index (κ2) is 8.44. The highest BCUT2D eigenvalue weighted by atomic mass is 19.1. The smallest absolute Gasteiger partial charge is 0.263 e. The van der Waals surface area contributed by atoms with Crippen molar-refractivity contribution in [2.24, 2.45) is 0 Å². The fourth-order valence-corrected chi connectivity index (χ4v) is 3.54. The average Bonchev–Trinajstić information content (AvgIpc) is 3.25. The van der Waals surface area contributed by atoms with Crippen molar-refractivity contribution in [1.29, 1.82) is 0 Å². The SMILES string of the molecule is C[C@H](Oc1ccc(F)cc1)C(=O)N1CC[C@H](c2cc(=O)[nH]c(-c3ccccn3)n2)C1. The molecule has 0 radical (unpaired) electrons. The Kier molecular flexibility index (Phi) is 5.56. The van der Waals surface area contributed by atoms with E-state index in [9.17, 15) is 14.0 Å². The lowest BCUT2D eigenvalue weighted by molar-refractivity contribution is -0.136. The molecule has 1 N–H and O–H groups in total. The fraction of sp³-hybridized carbons (Fsp3) is 0.273. The molecule has 1 aromatic carbocycles. The minimum Gasteiger partial charge on any atom is -0.481 e. The minimum absolute atomic E-state index is 0.0447. The van der Waals surface area contributed by atoms with Crippen LogP contribution in [-0.2, 0) is 4.79 Å². The highest BCUT2D eigenvalue weighted by Crippen LogP contribution is 2.27. The van der Waals surface area contributed by atoms with Crippen molar-refractivity contribution >= 4 is 5.91 Å². The molecule has 0 bridgehead atoms. The second-order valence-electron chi connectivity index (χ2n) is 7.22. The molecule has 1 aliphatic heterocycles. The molecule has 0 unspecified atom stereocenters. The molecule has 3 heterocycles. The van der Waals surface area contributed by atoms with E-state index in [-0.39, 0.29) is 23.2 Å². The Bertz CT molecular complexity index is 1090. The molecule has 30 heavy (non-hydrogen) atoms. The van der Waals surface area contributed by atoms with Gasteiger partial charge in [0.15, 0.2) is 11.9 Å². The predicted octanol–water partition coefficient (Wildman–Crippen LogP) is 2.75. The summed E-state index contributed by atoms with van der Waals surface area (Å²) in [6.07, 6.45) is 1.64. The van der Waals surface area contributed by atoms with Gasteiger partial charge in [-0.15, -0.1) is 0 Å². The van der Waals surface area contributed by atoms with Crippen LogP contribution in [0.4, 0.5) is 4.39 Å². The Morgan fingerprint density at radius 1 is 1.27 bits per heavy atom. The van der Waals surface area contributed by atoms with Crippen LogP contribution >= 0.6 is 0 Å². The minimum atomic E-state index is -0.703. The van der Waals surface area contributed by atoms with E-state index < -0.39 is 6.10 Å². The summed E-state index contributed by atoms with van der Waals surface area (Å²) in [5.74, 6) is 0.285. The third kappa shape index (κ3) is 4.37. The van der Waals surface area contributed by atoms with Crippen molar-refractivity contribution in [2.75, 3.05) is 13.1 Å². The lowest BCUT2D eigenvalue weighted by Gasteiger charge is -2.22.